The monoisotopic (exact) mass is 304 g/mol. The van der Waals surface area contributed by atoms with E-state index in [1.54, 1.807) is 19.2 Å². The normalized spacial score (nSPS) is 11.3. The van der Waals surface area contributed by atoms with Crippen molar-refractivity contribution in [2.45, 2.75) is 13.3 Å². The molecule has 5 heteroatoms. The minimum Gasteiger partial charge on any atom is -0.398 e. The van der Waals surface area contributed by atoms with Crippen molar-refractivity contribution in [1.82, 2.24) is 0 Å². The molecule has 0 aliphatic heterocycles. The Labute approximate surface area is 126 Å². The molecule has 0 spiro atoms. The van der Waals surface area contributed by atoms with Gasteiger partial charge in [-0.2, -0.15) is 0 Å². The van der Waals surface area contributed by atoms with Crippen LogP contribution in [-0.4, -0.2) is 21.2 Å². The van der Waals surface area contributed by atoms with E-state index in [9.17, 15) is 8.42 Å². The van der Waals surface area contributed by atoms with Crippen LogP contribution >= 0.6 is 0 Å². The maximum absolute atomic E-state index is 12.4. The van der Waals surface area contributed by atoms with E-state index in [1.807, 2.05) is 43.3 Å². The molecule has 0 aliphatic rings. The average molecular weight is 304 g/mol. The maximum atomic E-state index is 12.4. The Hall–Kier alpha value is -2.01. The molecular formula is C16H20N2O2S. The van der Waals surface area contributed by atoms with Crippen LogP contribution in [-0.2, 0) is 16.4 Å². The molecule has 21 heavy (non-hydrogen) atoms. The lowest BCUT2D eigenvalue weighted by atomic mass is 10.2. The van der Waals surface area contributed by atoms with Gasteiger partial charge in [0.1, 0.15) is 0 Å². The molecule has 0 radical (unpaired) electrons. The van der Waals surface area contributed by atoms with E-state index in [0.29, 0.717) is 17.8 Å². The van der Waals surface area contributed by atoms with Crippen molar-refractivity contribution in [3.63, 3.8) is 0 Å². The van der Waals surface area contributed by atoms with Crippen LogP contribution in [0.2, 0.25) is 0 Å². The number of rotatable bonds is 5. The lowest BCUT2D eigenvalue weighted by Gasteiger charge is -2.20. The summed E-state index contributed by atoms with van der Waals surface area (Å²) in [5, 5.41) is 0. The summed E-state index contributed by atoms with van der Waals surface area (Å²) in [4.78, 5) is 0. The van der Waals surface area contributed by atoms with Gasteiger partial charge in [0.15, 0.2) is 0 Å². The van der Waals surface area contributed by atoms with Crippen LogP contribution in [0.1, 0.15) is 11.1 Å². The third-order valence-corrected chi connectivity index (χ3v) is 5.30. The summed E-state index contributed by atoms with van der Waals surface area (Å²) in [5.74, 6) is 0.0707. The molecule has 0 aromatic heterocycles. The second-order valence-corrected chi connectivity index (χ2v) is 7.18. The van der Waals surface area contributed by atoms with Gasteiger partial charge in [0.2, 0.25) is 10.0 Å². The first-order chi connectivity index (χ1) is 9.90. The van der Waals surface area contributed by atoms with Gasteiger partial charge in [-0.1, -0.05) is 36.4 Å². The van der Waals surface area contributed by atoms with Crippen molar-refractivity contribution < 1.29 is 8.42 Å². The number of hydrogen-bond acceptors (Lipinski definition) is 3. The molecule has 2 aromatic rings. The molecule has 0 aliphatic carbocycles. The fourth-order valence-corrected chi connectivity index (χ4v) is 3.22. The Morgan fingerprint density at radius 1 is 1.10 bits per heavy atom. The van der Waals surface area contributed by atoms with E-state index in [1.165, 1.54) is 4.31 Å². The molecule has 112 valence electrons. The topological polar surface area (TPSA) is 63.4 Å². The summed E-state index contributed by atoms with van der Waals surface area (Å²) in [6.07, 6.45) is 0.495. The predicted molar refractivity (Wildman–Crippen MR) is 87.9 cm³/mol. The van der Waals surface area contributed by atoms with Crippen LogP contribution in [0.15, 0.2) is 48.5 Å². The Morgan fingerprint density at radius 3 is 2.38 bits per heavy atom. The quantitative estimate of drug-likeness (QED) is 0.864. The fraction of sp³-hybridized carbons (Fsp3) is 0.250. The van der Waals surface area contributed by atoms with Gasteiger partial charge in [-0.05, 0) is 36.6 Å². The first-order valence-electron chi connectivity index (χ1n) is 6.77. The van der Waals surface area contributed by atoms with E-state index in [2.05, 4.69) is 0 Å². The number of aryl methyl sites for hydroxylation is 2. The van der Waals surface area contributed by atoms with Crippen molar-refractivity contribution >= 4 is 21.4 Å². The maximum Gasteiger partial charge on any atom is 0.235 e. The van der Waals surface area contributed by atoms with Crippen molar-refractivity contribution in [3.05, 3.63) is 59.7 Å². The van der Waals surface area contributed by atoms with Gasteiger partial charge in [0.05, 0.1) is 11.4 Å². The van der Waals surface area contributed by atoms with E-state index in [4.69, 9.17) is 5.73 Å². The largest absolute Gasteiger partial charge is 0.398 e. The molecule has 0 atom stereocenters. The van der Waals surface area contributed by atoms with E-state index < -0.39 is 10.0 Å². The van der Waals surface area contributed by atoms with Crippen LogP contribution in [0.3, 0.4) is 0 Å². The molecule has 0 heterocycles. The van der Waals surface area contributed by atoms with Crippen molar-refractivity contribution in [3.8, 4) is 0 Å². The van der Waals surface area contributed by atoms with Crippen LogP contribution in [0.5, 0.6) is 0 Å². The standard InChI is InChI=1S/C16H20N2O2S/c1-13-8-9-15(12-16(13)17)18(2)21(19,20)11-10-14-6-4-3-5-7-14/h3-9,12H,10-11,17H2,1-2H3. The first kappa shape index (κ1) is 15.4. The fourth-order valence-electron chi connectivity index (χ4n) is 2.01. The predicted octanol–water partition coefficient (Wildman–Crippen LogP) is 2.59. The first-order valence-corrected chi connectivity index (χ1v) is 8.38. The molecule has 2 N–H and O–H groups in total. The van der Waals surface area contributed by atoms with E-state index >= 15 is 0 Å². The van der Waals surface area contributed by atoms with Crippen LogP contribution in [0, 0.1) is 6.92 Å². The van der Waals surface area contributed by atoms with Crippen LogP contribution < -0.4 is 10.0 Å². The Kier molecular flexibility index (Phi) is 4.53. The molecule has 0 bridgehead atoms. The Balaban J connectivity index is 2.13. The highest BCUT2D eigenvalue weighted by Gasteiger charge is 2.18. The van der Waals surface area contributed by atoms with Gasteiger partial charge in [0, 0.05) is 12.7 Å². The number of benzene rings is 2. The molecule has 0 saturated carbocycles. The van der Waals surface area contributed by atoms with E-state index in [0.717, 1.165) is 11.1 Å². The summed E-state index contributed by atoms with van der Waals surface area (Å²) in [6.45, 7) is 1.89. The lowest BCUT2D eigenvalue weighted by molar-refractivity contribution is 0.593. The highest BCUT2D eigenvalue weighted by Crippen LogP contribution is 2.22. The number of nitrogens with two attached hydrogens (primary N) is 1. The molecule has 0 amide bonds. The van der Waals surface area contributed by atoms with Crippen molar-refractivity contribution in [2.75, 3.05) is 22.8 Å². The minimum atomic E-state index is -3.36. The zero-order valence-electron chi connectivity index (χ0n) is 12.3. The molecular weight excluding hydrogens is 284 g/mol. The zero-order valence-corrected chi connectivity index (χ0v) is 13.1. The van der Waals surface area contributed by atoms with Crippen molar-refractivity contribution in [2.24, 2.45) is 0 Å². The zero-order chi connectivity index (χ0) is 15.5. The van der Waals surface area contributed by atoms with Gasteiger partial charge in [0.25, 0.3) is 0 Å². The van der Waals surface area contributed by atoms with Gasteiger partial charge in [-0.15, -0.1) is 0 Å². The third-order valence-electron chi connectivity index (χ3n) is 3.54. The molecule has 0 fully saturated rings. The van der Waals surface area contributed by atoms with Gasteiger partial charge in [-0.25, -0.2) is 8.42 Å². The Morgan fingerprint density at radius 2 is 1.76 bits per heavy atom. The van der Waals surface area contributed by atoms with Gasteiger partial charge < -0.3 is 5.73 Å². The number of nitrogens with zero attached hydrogens (tertiary/aromatic N) is 1. The summed E-state index contributed by atoms with van der Waals surface area (Å²) < 4.78 is 26.1. The minimum absolute atomic E-state index is 0.0707. The summed E-state index contributed by atoms with van der Waals surface area (Å²) in [5.41, 5.74) is 8.98. The molecule has 0 unspecified atom stereocenters. The van der Waals surface area contributed by atoms with Crippen LogP contribution in [0.25, 0.3) is 0 Å². The second kappa shape index (κ2) is 6.18. The number of hydrogen-bond donors (Lipinski definition) is 1. The smallest absolute Gasteiger partial charge is 0.235 e. The average Bonchev–Trinajstić information content (AvgIpc) is 2.48. The highest BCUT2D eigenvalue weighted by atomic mass is 32.2. The number of sulfonamides is 1. The summed E-state index contributed by atoms with van der Waals surface area (Å²) in [7, 11) is -1.80. The van der Waals surface area contributed by atoms with Crippen molar-refractivity contribution in [1.29, 1.82) is 0 Å². The molecule has 0 saturated heterocycles. The lowest BCUT2D eigenvalue weighted by Crippen LogP contribution is -2.29. The second-order valence-electron chi connectivity index (χ2n) is 5.06. The van der Waals surface area contributed by atoms with Gasteiger partial charge in [-0.3, -0.25) is 4.31 Å². The summed E-state index contributed by atoms with van der Waals surface area (Å²) in [6, 6.07) is 14.9. The Bertz CT molecular complexity index is 712. The number of anilines is 2. The number of nitrogen functional groups attached to an aromatic ring is 1. The highest BCUT2D eigenvalue weighted by molar-refractivity contribution is 7.92. The van der Waals surface area contributed by atoms with E-state index in [-0.39, 0.29) is 5.75 Å². The van der Waals surface area contributed by atoms with Gasteiger partial charge >= 0.3 is 0 Å². The SMILES string of the molecule is Cc1ccc(N(C)S(=O)(=O)CCc2ccccc2)cc1N. The third kappa shape index (κ3) is 3.76. The molecule has 4 nitrogen and oxygen atoms in total. The molecule has 2 rings (SSSR count). The molecule has 2 aromatic carbocycles. The summed E-state index contributed by atoms with van der Waals surface area (Å²) >= 11 is 0. The van der Waals surface area contributed by atoms with Crippen LogP contribution in [0.4, 0.5) is 11.4 Å².